The van der Waals surface area contributed by atoms with Crippen molar-refractivity contribution in [2.75, 3.05) is 0 Å². The van der Waals surface area contributed by atoms with Crippen LogP contribution in [0.1, 0.15) is 38.8 Å². The van der Waals surface area contributed by atoms with Gasteiger partial charge in [-0.05, 0) is 35.7 Å². The average Bonchev–Trinajstić information content (AvgIpc) is 3.38. The molecule has 156 valence electrons. The van der Waals surface area contributed by atoms with Gasteiger partial charge in [-0.1, -0.05) is 27.7 Å². The molecule has 3 aliphatic heterocycles. The largest absolute Gasteiger partial charge is 2.00 e. The zero-order chi connectivity index (χ0) is 20.9. The van der Waals surface area contributed by atoms with E-state index in [1.54, 1.807) is 0 Å². The fraction of sp³-hybridized carbons (Fsp3) is 0.231. The predicted molar refractivity (Wildman–Crippen MR) is 124 cm³/mol. The topological polar surface area (TPSA) is 49.4 Å². The second kappa shape index (κ2) is 7.76. The number of fused-ring (bicyclic) bond motifs is 6. The Morgan fingerprint density at radius 1 is 0.581 bits per heavy atom. The van der Waals surface area contributed by atoms with E-state index < -0.39 is 0 Å². The van der Waals surface area contributed by atoms with Crippen molar-refractivity contribution in [3.63, 3.8) is 0 Å². The first kappa shape index (κ1) is 21.5. The second-order valence-corrected chi connectivity index (χ2v) is 8.75. The number of hydrogen-bond donors (Lipinski definition) is 0. The third-order valence-electron chi connectivity index (χ3n) is 5.91. The van der Waals surface area contributed by atoms with Crippen LogP contribution in [0.3, 0.4) is 0 Å². The number of hydrogen-bond acceptors (Lipinski definition) is 4. The summed E-state index contributed by atoms with van der Waals surface area (Å²) < 4.78 is 0. The fourth-order valence-corrected chi connectivity index (χ4v) is 3.82. The summed E-state index contributed by atoms with van der Waals surface area (Å²) in [4.78, 5) is 19.1. The summed E-state index contributed by atoms with van der Waals surface area (Å²) in [6.07, 6.45) is 7.99. The van der Waals surface area contributed by atoms with Crippen molar-refractivity contribution in [2.45, 2.75) is 38.5 Å². The molecule has 0 saturated heterocycles. The predicted octanol–water partition coefficient (Wildman–Crippen LogP) is 5.64. The minimum atomic E-state index is -0.325. The number of aliphatic imine (C=N–C) groups is 4. The van der Waals surface area contributed by atoms with Crippen LogP contribution in [0.2, 0.25) is 0 Å². The van der Waals surface area contributed by atoms with Crippen LogP contribution in [-0.4, -0.2) is 23.1 Å². The number of allylic oxidation sites excluding steroid dienone is 2. The van der Waals surface area contributed by atoms with Gasteiger partial charge in [0.2, 0.25) is 0 Å². The van der Waals surface area contributed by atoms with E-state index in [1.807, 2.05) is 48.6 Å². The molecule has 4 nitrogen and oxygen atoms in total. The maximum absolute atomic E-state index is 4.80. The quantitative estimate of drug-likeness (QED) is 0.360. The number of nitrogens with zero attached hydrogens (tertiary/aromatic N) is 4. The van der Waals surface area contributed by atoms with Gasteiger partial charge >= 0.3 is 21.1 Å². The van der Waals surface area contributed by atoms with Crippen molar-refractivity contribution in [2.24, 2.45) is 20.0 Å². The molecule has 8 bridgehead atoms. The van der Waals surface area contributed by atoms with Crippen molar-refractivity contribution < 1.29 is 21.1 Å². The third kappa shape index (κ3) is 3.85. The molecular weight excluding hydrogens is 563 g/mol. The molecule has 3 aliphatic rings. The van der Waals surface area contributed by atoms with Gasteiger partial charge in [0.1, 0.15) is 0 Å². The van der Waals surface area contributed by atoms with Crippen molar-refractivity contribution in [1.82, 2.24) is 0 Å². The Balaban J connectivity index is 0.00000231. The normalized spacial score (nSPS) is 19.7. The summed E-state index contributed by atoms with van der Waals surface area (Å²) in [5, 5.41) is 0. The maximum atomic E-state index is 4.80. The molecule has 2 aromatic rings. The minimum Gasteiger partial charge on any atom is -0.256 e. The van der Waals surface area contributed by atoms with E-state index in [0.717, 1.165) is 33.9 Å². The van der Waals surface area contributed by atoms with E-state index in [2.05, 4.69) is 52.0 Å². The van der Waals surface area contributed by atoms with E-state index >= 15 is 0 Å². The molecule has 0 atom stereocenters. The van der Waals surface area contributed by atoms with Crippen LogP contribution in [0.4, 0.5) is 11.4 Å². The molecule has 0 fully saturated rings. The Morgan fingerprint density at radius 3 is 1.42 bits per heavy atom. The maximum Gasteiger partial charge on any atom is 2.00 e. The third-order valence-corrected chi connectivity index (χ3v) is 5.91. The molecular formula is C26H22N4Pt. The van der Waals surface area contributed by atoms with Crippen LogP contribution in [0.15, 0.2) is 80.7 Å². The molecule has 0 unspecified atom stereocenters. The van der Waals surface area contributed by atoms with Gasteiger partial charge in [-0.25, -0.2) is 9.98 Å². The minimum absolute atomic E-state index is 0. The number of benzene rings is 2. The number of rotatable bonds is 0. The molecule has 0 amide bonds. The summed E-state index contributed by atoms with van der Waals surface area (Å²) in [7, 11) is 0. The summed E-state index contributed by atoms with van der Waals surface area (Å²) in [6, 6.07) is 19.0. The fourth-order valence-electron chi connectivity index (χ4n) is 3.82. The summed E-state index contributed by atoms with van der Waals surface area (Å²) in [5.41, 5.74) is 4.84. The van der Waals surface area contributed by atoms with Gasteiger partial charge < -0.3 is 0 Å². The van der Waals surface area contributed by atoms with Gasteiger partial charge in [0.25, 0.3) is 0 Å². The molecule has 0 radical (unpaired) electrons. The van der Waals surface area contributed by atoms with Crippen molar-refractivity contribution in [1.29, 1.82) is 0 Å². The smallest absolute Gasteiger partial charge is 0.256 e. The Morgan fingerprint density at radius 2 is 1.00 bits per heavy atom. The first-order chi connectivity index (χ1) is 14.3. The molecule has 0 spiro atoms. The van der Waals surface area contributed by atoms with Gasteiger partial charge in [-0.2, -0.15) is 36.4 Å². The molecule has 2 aromatic carbocycles. The Hall–Kier alpha value is -2.71. The zero-order valence-electron chi connectivity index (χ0n) is 17.9. The van der Waals surface area contributed by atoms with Gasteiger partial charge in [-0.15, -0.1) is 23.3 Å². The van der Waals surface area contributed by atoms with Crippen LogP contribution in [0.25, 0.3) is 0 Å². The van der Waals surface area contributed by atoms with E-state index in [-0.39, 0.29) is 31.9 Å². The number of amidine groups is 2. The molecule has 3 heterocycles. The van der Waals surface area contributed by atoms with Crippen LogP contribution in [0, 0.1) is 12.1 Å². The van der Waals surface area contributed by atoms with Crippen molar-refractivity contribution >= 4 is 34.5 Å². The van der Waals surface area contributed by atoms with E-state index in [4.69, 9.17) is 20.0 Å². The molecule has 0 saturated carbocycles. The van der Waals surface area contributed by atoms with Crippen LogP contribution >= 0.6 is 0 Å². The molecule has 31 heavy (non-hydrogen) atoms. The van der Waals surface area contributed by atoms with E-state index in [1.165, 1.54) is 0 Å². The van der Waals surface area contributed by atoms with Gasteiger partial charge in [-0.3, -0.25) is 9.98 Å². The van der Waals surface area contributed by atoms with Gasteiger partial charge in [0.15, 0.2) is 11.7 Å². The van der Waals surface area contributed by atoms with Crippen LogP contribution in [-0.2, 0) is 31.9 Å². The van der Waals surface area contributed by atoms with Crippen molar-refractivity contribution in [3.05, 3.63) is 84.0 Å². The average molecular weight is 586 g/mol. The van der Waals surface area contributed by atoms with Gasteiger partial charge in [0.05, 0.1) is 11.4 Å². The van der Waals surface area contributed by atoms with Gasteiger partial charge in [0, 0.05) is 10.8 Å². The summed E-state index contributed by atoms with van der Waals surface area (Å²) in [5.74, 6) is 1.37. The molecule has 0 N–H and O–H groups in total. The summed E-state index contributed by atoms with van der Waals surface area (Å²) in [6.45, 7) is 8.58. The standard InChI is InChI=1S/C26H22N4.Pt/c1-25(2)17-7-5-9-19(15-17)27-24-14-12-22(30-24)26(3,4)18-8-6-10-20(16-18)28-23-13-11-21(25)29-23;/h5-14H,1-4H3;/q-2;+2. The first-order valence-electron chi connectivity index (χ1n) is 10.1. The van der Waals surface area contributed by atoms with Crippen LogP contribution < -0.4 is 0 Å². The van der Waals surface area contributed by atoms with E-state index in [0.29, 0.717) is 11.7 Å². The molecule has 5 rings (SSSR count). The SMILES string of the molecule is CC1(C)C2=NC(=Nc3[c-]c(ccc3)C(C)(C)C3=NC(=Nc4[c-]c1ccc4)C=C3)C=C2.[Pt+2]. The summed E-state index contributed by atoms with van der Waals surface area (Å²) >= 11 is 0. The Kier molecular flexibility index (Phi) is 5.39. The molecule has 5 heteroatoms. The zero-order valence-corrected chi connectivity index (χ0v) is 20.2. The Labute approximate surface area is 197 Å². The Bertz CT molecular complexity index is 1140. The monoisotopic (exact) mass is 585 g/mol. The van der Waals surface area contributed by atoms with E-state index in [9.17, 15) is 0 Å². The first-order valence-corrected chi connectivity index (χ1v) is 10.1. The second-order valence-electron chi connectivity index (χ2n) is 8.75. The van der Waals surface area contributed by atoms with Crippen LogP contribution in [0.5, 0.6) is 0 Å². The molecule has 0 aromatic heterocycles. The molecule has 0 aliphatic carbocycles. The van der Waals surface area contributed by atoms with Crippen molar-refractivity contribution in [3.8, 4) is 0 Å².